The van der Waals surface area contributed by atoms with E-state index in [9.17, 15) is 77.4 Å². The van der Waals surface area contributed by atoms with Crippen LogP contribution in [0.3, 0.4) is 0 Å². The quantitative estimate of drug-likeness (QED) is 0.0814. The van der Waals surface area contributed by atoms with Gasteiger partial charge in [-0.2, -0.15) is 0 Å². The normalized spacial score (nSPS) is 32.2. The molecule has 0 aliphatic carbocycles. The average molecular weight is 788 g/mol. The summed E-state index contributed by atoms with van der Waals surface area (Å²) in [5.74, 6) is -2.11. The number of hydrogen-bond acceptors (Lipinski definition) is 18. The van der Waals surface area contributed by atoms with Gasteiger partial charge < -0.3 is 49.5 Å². The van der Waals surface area contributed by atoms with Crippen LogP contribution in [-0.2, 0) is 45.4 Å². The van der Waals surface area contributed by atoms with Crippen molar-refractivity contribution in [1.82, 2.24) is 19.1 Å². The van der Waals surface area contributed by atoms with Gasteiger partial charge >= 0.3 is 42.2 Å². The van der Waals surface area contributed by atoms with Gasteiger partial charge in [-0.15, -0.1) is 0 Å². The van der Waals surface area contributed by atoms with Crippen molar-refractivity contribution < 1.29 is 85.4 Å². The Morgan fingerprint density at radius 3 is 1.31 bits per heavy atom. The second-order valence-corrected chi connectivity index (χ2v) is 17.6. The van der Waals surface area contributed by atoms with Crippen molar-refractivity contribution in [2.45, 2.75) is 49.1 Å². The zero-order chi connectivity index (χ0) is 36.7. The Bertz CT molecular complexity index is 1820. The predicted octanol–water partition coefficient (Wildman–Crippen LogP) is -4.08. The Labute approximate surface area is 269 Å². The van der Waals surface area contributed by atoms with Gasteiger partial charge in [0.2, 0.25) is 0 Å². The Morgan fingerprint density at radius 2 is 0.980 bits per heavy atom. The third-order valence-corrected chi connectivity index (χ3v) is 14.1. The molecule has 4 unspecified atom stereocenters. The average Bonchev–Trinajstić information content (AvgIpc) is 3.38. The SMILES string of the molecule is O=c1ccn([C@@H]2O[C@H](COP(=O)(O)OP(=O)(O)CP(=O)(O)OP(=O)(O)OC[C@H]3O[C@@H](n4ccc(=O)[nH]c4=O)[C@H](O)[C@@H]3O)[C@@H](O)[C@H]2O)c(=O)[nH]1. The van der Waals surface area contributed by atoms with Crippen LogP contribution in [0.2, 0.25) is 0 Å². The summed E-state index contributed by atoms with van der Waals surface area (Å²) in [4.78, 5) is 89.8. The lowest BCUT2D eigenvalue weighted by molar-refractivity contribution is -0.0541. The molecule has 26 nitrogen and oxygen atoms in total. The van der Waals surface area contributed by atoms with E-state index in [2.05, 4.69) is 17.7 Å². The van der Waals surface area contributed by atoms with E-state index in [0.717, 1.165) is 24.5 Å². The molecule has 12 atom stereocenters. The number of rotatable bonds is 14. The number of nitrogens with one attached hydrogen (secondary N) is 2. The van der Waals surface area contributed by atoms with Crippen molar-refractivity contribution in [3.63, 3.8) is 0 Å². The molecule has 49 heavy (non-hydrogen) atoms. The van der Waals surface area contributed by atoms with Crippen molar-refractivity contribution in [3.05, 3.63) is 66.2 Å². The van der Waals surface area contributed by atoms with Gasteiger partial charge in [-0.05, 0) is 0 Å². The molecular formula is C19H28N4O22P4. The summed E-state index contributed by atoms with van der Waals surface area (Å²) in [6.45, 7) is -2.32. The highest BCUT2D eigenvalue weighted by molar-refractivity contribution is 7.76. The molecule has 0 amide bonds. The van der Waals surface area contributed by atoms with Crippen molar-refractivity contribution in [1.29, 1.82) is 0 Å². The number of aromatic nitrogens is 4. The smallest absolute Gasteiger partial charge is 0.387 e. The van der Waals surface area contributed by atoms with Gasteiger partial charge in [-0.1, -0.05) is 0 Å². The predicted molar refractivity (Wildman–Crippen MR) is 153 cm³/mol. The highest BCUT2D eigenvalue weighted by Gasteiger charge is 2.49. The summed E-state index contributed by atoms with van der Waals surface area (Å²) >= 11 is 0. The molecule has 2 aromatic heterocycles. The number of aromatic amines is 2. The zero-order valence-electron chi connectivity index (χ0n) is 24.0. The molecule has 10 N–H and O–H groups in total. The molecule has 2 saturated heterocycles. The van der Waals surface area contributed by atoms with Crippen LogP contribution in [-0.4, -0.2) is 115 Å². The number of phosphoric acid groups is 2. The van der Waals surface area contributed by atoms with Gasteiger partial charge in [0.15, 0.2) is 18.4 Å². The molecular weight excluding hydrogens is 760 g/mol. The van der Waals surface area contributed by atoms with Crippen LogP contribution in [0.5, 0.6) is 0 Å². The van der Waals surface area contributed by atoms with Crippen LogP contribution in [0.25, 0.3) is 0 Å². The van der Waals surface area contributed by atoms with Crippen LogP contribution in [0, 0.1) is 0 Å². The minimum absolute atomic E-state index is 0.662. The number of phosphoric ester groups is 2. The molecule has 30 heteroatoms. The summed E-state index contributed by atoms with van der Waals surface area (Å²) in [7, 11) is -22.9. The van der Waals surface area contributed by atoms with Crippen LogP contribution in [0.4, 0.5) is 0 Å². The van der Waals surface area contributed by atoms with E-state index in [0.29, 0.717) is 9.13 Å². The van der Waals surface area contributed by atoms with Gasteiger partial charge in [0, 0.05) is 24.5 Å². The van der Waals surface area contributed by atoms with Gasteiger partial charge in [0.1, 0.15) is 36.6 Å². The van der Waals surface area contributed by atoms with E-state index in [4.69, 9.17) is 9.47 Å². The molecule has 276 valence electrons. The van der Waals surface area contributed by atoms with E-state index < -0.39 is 122 Å². The minimum Gasteiger partial charge on any atom is -0.387 e. The van der Waals surface area contributed by atoms with Gasteiger partial charge in [0.05, 0.1) is 13.2 Å². The van der Waals surface area contributed by atoms with Crippen molar-refractivity contribution >= 4 is 30.8 Å². The van der Waals surface area contributed by atoms with Crippen LogP contribution >= 0.6 is 30.8 Å². The number of hydrogen-bond donors (Lipinski definition) is 10. The highest BCUT2D eigenvalue weighted by atomic mass is 31.3. The fourth-order valence-electron chi connectivity index (χ4n) is 4.43. The monoisotopic (exact) mass is 788 g/mol. The van der Waals surface area contributed by atoms with Crippen LogP contribution in [0.15, 0.2) is 43.7 Å². The third-order valence-electron chi connectivity index (χ3n) is 6.55. The second-order valence-electron chi connectivity index (χ2n) is 10.2. The molecule has 0 bridgehead atoms. The van der Waals surface area contributed by atoms with E-state index in [1.807, 2.05) is 9.97 Å². The van der Waals surface area contributed by atoms with E-state index in [-0.39, 0.29) is 0 Å². The van der Waals surface area contributed by atoms with E-state index >= 15 is 0 Å². The van der Waals surface area contributed by atoms with Crippen LogP contribution in [0.1, 0.15) is 12.5 Å². The molecule has 0 radical (unpaired) electrons. The third kappa shape index (κ3) is 9.95. The minimum atomic E-state index is -5.74. The largest absolute Gasteiger partial charge is 0.479 e. The lowest BCUT2D eigenvalue weighted by Crippen LogP contribution is -2.37. The van der Waals surface area contributed by atoms with Crippen molar-refractivity contribution in [2.24, 2.45) is 0 Å². The summed E-state index contributed by atoms with van der Waals surface area (Å²) in [6, 6.07) is 1.76. The first-order valence-electron chi connectivity index (χ1n) is 13.2. The summed E-state index contributed by atoms with van der Waals surface area (Å²) in [6.07, 6.45) is -12.4. The van der Waals surface area contributed by atoms with Crippen molar-refractivity contribution in [2.75, 3.05) is 19.1 Å². The number of aliphatic hydroxyl groups excluding tert-OH is 4. The Balaban J connectivity index is 1.31. The van der Waals surface area contributed by atoms with Gasteiger partial charge in [-0.3, -0.25) is 46.9 Å². The lowest BCUT2D eigenvalue weighted by Gasteiger charge is -2.22. The molecule has 2 aliphatic rings. The van der Waals surface area contributed by atoms with Gasteiger partial charge in [0.25, 0.3) is 11.1 Å². The molecule has 2 fully saturated rings. The Kier molecular flexibility index (Phi) is 11.9. The maximum atomic E-state index is 12.4. The number of H-pyrrole nitrogens is 2. The maximum absolute atomic E-state index is 12.4. The molecule has 0 aromatic carbocycles. The van der Waals surface area contributed by atoms with E-state index in [1.165, 1.54) is 0 Å². The molecule has 0 spiro atoms. The number of nitrogens with zero attached hydrogens (tertiary/aromatic N) is 2. The van der Waals surface area contributed by atoms with E-state index in [1.54, 1.807) is 0 Å². The number of ether oxygens (including phenoxy) is 2. The maximum Gasteiger partial charge on any atom is 0.479 e. The topological polar surface area (TPSA) is 395 Å². The lowest BCUT2D eigenvalue weighted by atomic mass is 10.1. The first kappa shape index (κ1) is 39.5. The first-order valence-corrected chi connectivity index (χ1v) is 19.7. The molecule has 0 saturated carbocycles. The summed E-state index contributed by atoms with van der Waals surface area (Å²) < 4.78 is 78.1. The first-order chi connectivity index (χ1) is 22.5. The fraction of sp³-hybridized carbons (Fsp3) is 0.579. The zero-order valence-corrected chi connectivity index (χ0v) is 27.6. The highest BCUT2D eigenvalue weighted by Crippen LogP contribution is 2.70. The molecule has 4 heterocycles. The van der Waals surface area contributed by atoms with Gasteiger partial charge in [-0.25, -0.2) is 27.3 Å². The van der Waals surface area contributed by atoms with Crippen LogP contribution < -0.4 is 22.5 Å². The fourth-order valence-corrected chi connectivity index (χ4v) is 11.2. The second kappa shape index (κ2) is 14.8. The molecule has 2 aromatic rings. The number of aliphatic hydroxyl groups is 4. The summed E-state index contributed by atoms with van der Waals surface area (Å²) in [5.41, 5.74) is -3.72. The Hall–Kier alpha value is -2.28. The molecule has 4 rings (SSSR count). The van der Waals surface area contributed by atoms with Crippen molar-refractivity contribution in [3.8, 4) is 0 Å². The Morgan fingerprint density at radius 1 is 0.633 bits per heavy atom. The molecule has 2 aliphatic heterocycles. The standard InChI is InChI=1S/C19H28N4O22P4/c24-10-1-3-22(18(30)20-10)16-14(28)12(26)8(42-16)5-40-48(36,37)44-46(32,33)7-47(34,35)45-49(38,39)41-6-9-13(27)15(29)17(43-9)23-4-2-11(25)21-19(23)31/h1-4,8-9,12-17,26-29H,5-7H2,(H,32,33)(H,34,35)(H,36,37)(H,38,39)(H,20,24,30)(H,21,25,31)/t8-,9-,12-,13-,14-,15-,16-,17-/m1/s1. The summed E-state index contributed by atoms with van der Waals surface area (Å²) in [5, 5.41) is 40.8.